The highest BCUT2D eigenvalue weighted by molar-refractivity contribution is 5.79. The molecule has 5 aliphatic carbocycles. The van der Waals surface area contributed by atoms with E-state index in [0.717, 1.165) is 30.6 Å². The van der Waals surface area contributed by atoms with Gasteiger partial charge in [0.05, 0.1) is 0 Å². The van der Waals surface area contributed by atoms with Crippen LogP contribution in [-0.2, 0) is 4.79 Å². The van der Waals surface area contributed by atoms with Crippen molar-refractivity contribution in [2.45, 2.75) is 56.9 Å². The Morgan fingerprint density at radius 2 is 1.39 bits per heavy atom. The molecule has 5 fully saturated rings. The molecule has 18 heavy (non-hydrogen) atoms. The van der Waals surface area contributed by atoms with E-state index in [-0.39, 0.29) is 0 Å². The third kappa shape index (κ3) is 1.37. The Morgan fingerprint density at radius 3 is 1.78 bits per heavy atom. The van der Waals surface area contributed by atoms with E-state index in [9.17, 15) is 4.79 Å². The van der Waals surface area contributed by atoms with Crippen molar-refractivity contribution in [1.82, 2.24) is 0 Å². The molecule has 0 amide bonds. The largest absolute Gasteiger partial charge is 0.480 e. The van der Waals surface area contributed by atoms with Gasteiger partial charge in [-0.3, -0.25) is 4.79 Å². The van der Waals surface area contributed by atoms with Gasteiger partial charge in [-0.1, -0.05) is 0 Å². The summed E-state index contributed by atoms with van der Waals surface area (Å²) in [6, 6.07) is 0. The zero-order chi connectivity index (χ0) is 12.5. The van der Waals surface area contributed by atoms with Crippen LogP contribution < -0.4 is 5.73 Å². The van der Waals surface area contributed by atoms with Gasteiger partial charge in [-0.15, -0.1) is 0 Å². The molecule has 5 saturated carbocycles. The van der Waals surface area contributed by atoms with Crippen molar-refractivity contribution in [2.75, 3.05) is 0 Å². The van der Waals surface area contributed by atoms with Crippen molar-refractivity contribution in [3.8, 4) is 0 Å². The molecule has 0 atom stereocenters. The first kappa shape index (κ1) is 11.3. The van der Waals surface area contributed by atoms with Crippen LogP contribution in [0.3, 0.4) is 0 Å². The lowest BCUT2D eigenvalue weighted by Crippen LogP contribution is -2.63. The number of nitrogens with two attached hydrogens (primary N) is 1. The van der Waals surface area contributed by atoms with E-state index >= 15 is 0 Å². The third-order valence-electron chi connectivity index (χ3n) is 6.60. The quantitative estimate of drug-likeness (QED) is 0.790. The van der Waals surface area contributed by atoms with Crippen LogP contribution in [0.1, 0.15) is 51.4 Å². The number of rotatable bonds is 2. The SMILES string of the molecule is NC1(C(=O)O)CC(C23CC4CC(CC(C4)C2)C3)C1. The van der Waals surface area contributed by atoms with Crippen LogP contribution in [-0.4, -0.2) is 16.6 Å². The Balaban J connectivity index is 1.54. The Bertz CT molecular complexity index is 362. The first-order valence-electron chi connectivity index (χ1n) is 7.51. The molecule has 0 saturated heterocycles. The summed E-state index contributed by atoms with van der Waals surface area (Å²) < 4.78 is 0. The maximum absolute atomic E-state index is 11.2. The normalized spacial score (nSPS) is 57.4. The topological polar surface area (TPSA) is 63.3 Å². The lowest BCUT2D eigenvalue weighted by molar-refractivity contribution is -0.161. The highest BCUT2D eigenvalue weighted by Crippen LogP contribution is 2.66. The Hall–Kier alpha value is -0.570. The van der Waals surface area contributed by atoms with Gasteiger partial charge < -0.3 is 10.8 Å². The van der Waals surface area contributed by atoms with Gasteiger partial charge in [-0.05, 0) is 80.5 Å². The summed E-state index contributed by atoms with van der Waals surface area (Å²) in [5.74, 6) is 2.67. The van der Waals surface area contributed by atoms with Crippen molar-refractivity contribution >= 4 is 5.97 Å². The van der Waals surface area contributed by atoms with E-state index in [1.807, 2.05) is 0 Å². The number of carboxylic acid groups (broad SMARTS) is 1. The molecule has 0 radical (unpaired) electrons. The van der Waals surface area contributed by atoms with Gasteiger partial charge in [0, 0.05) is 0 Å². The molecular weight excluding hydrogens is 226 g/mol. The molecule has 5 rings (SSSR count). The number of hydrogen-bond acceptors (Lipinski definition) is 2. The average Bonchev–Trinajstić information content (AvgIpc) is 2.22. The van der Waals surface area contributed by atoms with Gasteiger partial charge in [0.2, 0.25) is 0 Å². The van der Waals surface area contributed by atoms with Crippen LogP contribution in [0.4, 0.5) is 0 Å². The maximum Gasteiger partial charge on any atom is 0.323 e. The van der Waals surface area contributed by atoms with Crippen LogP contribution in [0.15, 0.2) is 0 Å². The average molecular weight is 249 g/mol. The Labute approximate surface area is 108 Å². The summed E-state index contributed by atoms with van der Waals surface area (Å²) in [4.78, 5) is 11.2. The molecule has 0 heterocycles. The zero-order valence-corrected chi connectivity index (χ0v) is 10.9. The van der Waals surface area contributed by atoms with Gasteiger partial charge in [-0.25, -0.2) is 0 Å². The fraction of sp³-hybridized carbons (Fsp3) is 0.933. The Morgan fingerprint density at radius 1 is 0.944 bits per heavy atom. The van der Waals surface area contributed by atoms with E-state index in [1.165, 1.54) is 38.5 Å². The van der Waals surface area contributed by atoms with E-state index < -0.39 is 11.5 Å². The third-order valence-corrected chi connectivity index (χ3v) is 6.60. The number of aliphatic carboxylic acids is 1. The highest BCUT2D eigenvalue weighted by atomic mass is 16.4. The lowest BCUT2D eigenvalue weighted by Gasteiger charge is -2.63. The minimum Gasteiger partial charge on any atom is -0.480 e. The standard InChI is InChI=1S/C15H23NO2/c16-15(13(17)18)7-12(8-15)14-4-9-1-10(5-14)3-11(2-9)6-14/h9-12H,1-8,16H2,(H,17,18). The molecule has 0 aliphatic heterocycles. The minimum absolute atomic E-state index is 0.493. The molecule has 0 unspecified atom stereocenters. The second-order valence-corrected chi connectivity index (χ2v) is 7.85. The van der Waals surface area contributed by atoms with Crippen molar-refractivity contribution in [1.29, 1.82) is 0 Å². The Kier molecular flexibility index (Phi) is 2.07. The maximum atomic E-state index is 11.2. The first-order valence-corrected chi connectivity index (χ1v) is 7.51. The molecule has 0 aromatic heterocycles. The van der Waals surface area contributed by atoms with Crippen molar-refractivity contribution < 1.29 is 9.90 Å². The molecule has 3 heteroatoms. The summed E-state index contributed by atoms with van der Waals surface area (Å²) in [5, 5.41) is 9.17. The van der Waals surface area contributed by atoms with Crippen molar-refractivity contribution in [3.63, 3.8) is 0 Å². The van der Waals surface area contributed by atoms with E-state index in [1.54, 1.807) is 0 Å². The summed E-state index contributed by atoms with van der Waals surface area (Å²) in [7, 11) is 0. The summed E-state index contributed by atoms with van der Waals surface area (Å²) >= 11 is 0. The smallest absolute Gasteiger partial charge is 0.323 e. The van der Waals surface area contributed by atoms with Gasteiger partial charge in [-0.2, -0.15) is 0 Å². The fourth-order valence-electron chi connectivity index (χ4n) is 6.10. The van der Waals surface area contributed by atoms with Crippen molar-refractivity contribution in [3.05, 3.63) is 0 Å². The van der Waals surface area contributed by atoms with Gasteiger partial charge in [0.25, 0.3) is 0 Å². The van der Waals surface area contributed by atoms with Gasteiger partial charge in [0.15, 0.2) is 0 Å². The predicted octanol–water partition coefficient (Wildman–Crippen LogP) is 2.39. The lowest BCUT2D eigenvalue weighted by atomic mass is 9.42. The van der Waals surface area contributed by atoms with Crippen LogP contribution in [0.2, 0.25) is 0 Å². The summed E-state index contributed by atoms with van der Waals surface area (Å²) in [6.45, 7) is 0. The van der Waals surface area contributed by atoms with Crippen LogP contribution in [0, 0.1) is 29.1 Å². The second-order valence-electron chi connectivity index (χ2n) is 7.85. The molecule has 0 spiro atoms. The van der Waals surface area contributed by atoms with Crippen molar-refractivity contribution in [2.24, 2.45) is 34.8 Å². The molecule has 0 aromatic rings. The number of carboxylic acids is 1. The highest BCUT2D eigenvalue weighted by Gasteiger charge is 2.60. The number of carbonyl (C=O) groups is 1. The van der Waals surface area contributed by atoms with Gasteiger partial charge in [0.1, 0.15) is 5.54 Å². The predicted molar refractivity (Wildman–Crippen MR) is 67.9 cm³/mol. The van der Waals surface area contributed by atoms with E-state index in [0.29, 0.717) is 11.3 Å². The minimum atomic E-state index is -0.895. The van der Waals surface area contributed by atoms with Crippen LogP contribution >= 0.6 is 0 Å². The number of hydrogen-bond donors (Lipinski definition) is 2. The van der Waals surface area contributed by atoms with E-state index in [2.05, 4.69) is 0 Å². The zero-order valence-electron chi connectivity index (χ0n) is 10.9. The molecule has 100 valence electrons. The monoisotopic (exact) mass is 249 g/mol. The summed E-state index contributed by atoms with van der Waals surface area (Å²) in [5.41, 5.74) is 5.55. The molecule has 3 N–H and O–H groups in total. The fourth-order valence-corrected chi connectivity index (χ4v) is 6.10. The van der Waals surface area contributed by atoms with Gasteiger partial charge >= 0.3 is 5.97 Å². The van der Waals surface area contributed by atoms with E-state index in [4.69, 9.17) is 10.8 Å². The summed E-state index contributed by atoms with van der Waals surface area (Å²) in [6.07, 6.45) is 9.96. The molecule has 4 bridgehead atoms. The first-order chi connectivity index (χ1) is 8.49. The molecule has 5 aliphatic rings. The molecule has 0 aromatic carbocycles. The molecule has 3 nitrogen and oxygen atoms in total. The van der Waals surface area contributed by atoms with Crippen LogP contribution in [0.5, 0.6) is 0 Å². The molecular formula is C15H23NO2. The second kappa shape index (κ2) is 3.30. The van der Waals surface area contributed by atoms with Crippen LogP contribution in [0.25, 0.3) is 0 Å².